The summed E-state index contributed by atoms with van der Waals surface area (Å²) in [5, 5.41) is 2.82. The van der Waals surface area contributed by atoms with Crippen LogP contribution in [0.3, 0.4) is 0 Å². The first-order valence-electron chi connectivity index (χ1n) is 8.02. The van der Waals surface area contributed by atoms with E-state index in [4.69, 9.17) is 0 Å². The fourth-order valence-electron chi connectivity index (χ4n) is 3.00. The van der Waals surface area contributed by atoms with Crippen molar-refractivity contribution in [2.24, 2.45) is 0 Å². The van der Waals surface area contributed by atoms with Crippen LogP contribution in [0.15, 0.2) is 23.1 Å². The Morgan fingerprint density at radius 3 is 2.74 bits per heavy atom. The maximum absolute atomic E-state index is 12.2. The number of rotatable bonds is 5. The Morgan fingerprint density at radius 1 is 1.35 bits per heavy atom. The summed E-state index contributed by atoms with van der Waals surface area (Å²) in [5.41, 5.74) is 1.16. The maximum atomic E-state index is 12.2. The van der Waals surface area contributed by atoms with Gasteiger partial charge in [0, 0.05) is 5.69 Å². The number of hydrogen-bond donors (Lipinski definition) is 3. The molecule has 0 saturated carbocycles. The second-order valence-corrected chi connectivity index (χ2v) is 8.07. The van der Waals surface area contributed by atoms with Gasteiger partial charge in [0.1, 0.15) is 0 Å². The lowest BCUT2D eigenvalue weighted by atomic mass is 10.0. The van der Waals surface area contributed by atoms with Crippen molar-refractivity contribution >= 4 is 21.6 Å². The number of quaternary nitrogens is 1. The van der Waals surface area contributed by atoms with Gasteiger partial charge in [0.25, 0.3) is 5.91 Å². The van der Waals surface area contributed by atoms with E-state index in [2.05, 4.69) is 17.0 Å². The van der Waals surface area contributed by atoms with Crippen LogP contribution in [0.1, 0.15) is 31.7 Å². The van der Waals surface area contributed by atoms with Crippen LogP contribution >= 0.6 is 0 Å². The van der Waals surface area contributed by atoms with Crippen LogP contribution < -0.4 is 14.9 Å². The van der Waals surface area contributed by atoms with Gasteiger partial charge in [-0.2, -0.15) is 0 Å². The topological polar surface area (TPSA) is 79.7 Å². The normalized spacial score (nSPS) is 21.9. The zero-order chi connectivity index (χ0) is 17.0. The quantitative estimate of drug-likeness (QED) is 0.721. The van der Waals surface area contributed by atoms with Crippen LogP contribution in [0.2, 0.25) is 0 Å². The predicted octanol–water partition coefficient (Wildman–Crippen LogP) is 0.299. The van der Waals surface area contributed by atoms with Crippen LogP contribution in [-0.2, 0) is 14.8 Å². The van der Waals surface area contributed by atoms with E-state index in [0.717, 1.165) is 19.4 Å². The molecular formula is C16H26N3O3S+. The van der Waals surface area contributed by atoms with Gasteiger partial charge in [0.2, 0.25) is 10.0 Å². The van der Waals surface area contributed by atoms with Gasteiger partial charge < -0.3 is 10.2 Å². The summed E-state index contributed by atoms with van der Waals surface area (Å²) in [4.78, 5) is 13.7. The Balaban J connectivity index is 2.08. The summed E-state index contributed by atoms with van der Waals surface area (Å²) in [6, 6.07) is 5.44. The van der Waals surface area contributed by atoms with E-state index < -0.39 is 10.0 Å². The first-order valence-corrected chi connectivity index (χ1v) is 9.50. The van der Waals surface area contributed by atoms with Crippen LogP contribution in [0.25, 0.3) is 0 Å². The highest BCUT2D eigenvalue weighted by Gasteiger charge is 2.24. The molecule has 0 aromatic heterocycles. The largest absolute Gasteiger partial charge is 0.325 e. The fourth-order valence-corrected chi connectivity index (χ4v) is 4.00. The molecule has 6 nitrogen and oxygen atoms in total. The van der Waals surface area contributed by atoms with Crippen molar-refractivity contribution in [3.05, 3.63) is 23.8 Å². The molecular weight excluding hydrogens is 314 g/mol. The van der Waals surface area contributed by atoms with Gasteiger partial charge in [0.05, 0.1) is 17.5 Å². The van der Waals surface area contributed by atoms with Crippen LogP contribution in [0.4, 0.5) is 5.69 Å². The molecule has 1 aliphatic heterocycles. The number of amides is 1. The SMILES string of the molecule is CNS(=O)(=O)c1cc(NC(=O)C[NH+]2CCCC[C@@H]2C)ccc1C. The Kier molecular flexibility index (Phi) is 5.78. The highest BCUT2D eigenvalue weighted by atomic mass is 32.2. The Labute approximate surface area is 138 Å². The van der Waals surface area contributed by atoms with E-state index in [1.165, 1.54) is 24.4 Å². The van der Waals surface area contributed by atoms with Gasteiger partial charge in [-0.3, -0.25) is 4.79 Å². The van der Waals surface area contributed by atoms with Gasteiger partial charge in [-0.05, 0) is 57.9 Å². The third kappa shape index (κ3) is 4.53. The summed E-state index contributed by atoms with van der Waals surface area (Å²) in [7, 11) is -2.15. The highest BCUT2D eigenvalue weighted by molar-refractivity contribution is 7.89. The van der Waals surface area contributed by atoms with Crippen LogP contribution in [0, 0.1) is 6.92 Å². The molecule has 1 saturated heterocycles. The van der Waals surface area contributed by atoms with Crippen molar-refractivity contribution in [1.29, 1.82) is 0 Å². The van der Waals surface area contributed by atoms with Crippen molar-refractivity contribution in [3.8, 4) is 0 Å². The third-order valence-electron chi connectivity index (χ3n) is 4.50. The number of benzene rings is 1. The number of likely N-dealkylation sites (tertiary alicyclic amines) is 1. The number of hydrogen-bond acceptors (Lipinski definition) is 3. The molecule has 7 heteroatoms. The number of carbonyl (C=O) groups is 1. The third-order valence-corrected chi connectivity index (χ3v) is 6.06. The second-order valence-electron chi connectivity index (χ2n) is 6.22. The Bertz CT molecular complexity index is 673. The molecule has 1 heterocycles. The number of aryl methyl sites for hydroxylation is 1. The average molecular weight is 340 g/mol. The summed E-state index contributed by atoms with van der Waals surface area (Å²) >= 11 is 0. The van der Waals surface area contributed by atoms with E-state index in [9.17, 15) is 13.2 Å². The summed E-state index contributed by atoms with van der Waals surface area (Å²) in [6.45, 7) is 5.34. The molecule has 1 unspecified atom stereocenters. The van der Waals surface area contributed by atoms with Crippen LogP contribution in [0.5, 0.6) is 0 Å². The van der Waals surface area contributed by atoms with E-state index in [1.807, 2.05) is 0 Å². The molecule has 0 aliphatic carbocycles. The minimum atomic E-state index is -3.53. The van der Waals surface area contributed by atoms with Gasteiger partial charge in [-0.25, -0.2) is 13.1 Å². The van der Waals surface area contributed by atoms with E-state index >= 15 is 0 Å². The molecule has 0 spiro atoms. The lowest BCUT2D eigenvalue weighted by molar-refractivity contribution is -0.920. The minimum absolute atomic E-state index is 0.0783. The molecule has 23 heavy (non-hydrogen) atoms. The lowest BCUT2D eigenvalue weighted by Gasteiger charge is -2.29. The van der Waals surface area contributed by atoms with E-state index in [0.29, 0.717) is 23.8 Å². The number of piperidine rings is 1. The fraction of sp³-hybridized carbons (Fsp3) is 0.562. The molecule has 1 aromatic carbocycles. The number of carbonyl (C=O) groups excluding carboxylic acids is 1. The smallest absolute Gasteiger partial charge is 0.279 e. The van der Waals surface area contributed by atoms with Crippen molar-refractivity contribution in [2.45, 2.75) is 44.0 Å². The van der Waals surface area contributed by atoms with Gasteiger partial charge >= 0.3 is 0 Å². The standard InChI is InChI=1S/C16H25N3O3S/c1-12-7-8-14(10-15(12)23(21,22)17-3)18-16(20)11-19-9-5-4-6-13(19)2/h7-8,10,13,17H,4-6,9,11H2,1-3H3,(H,18,20)/p+1/t13-/m0/s1. The molecule has 2 rings (SSSR count). The average Bonchev–Trinajstić information content (AvgIpc) is 2.51. The molecule has 1 fully saturated rings. The van der Waals surface area contributed by atoms with Crippen molar-refractivity contribution in [2.75, 3.05) is 25.5 Å². The summed E-state index contributed by atoms with van der Waals surface area (Å²) in [6.07, 6.45) is 3.54. The molecule has 3 N–H and O–H groups in total. The zero-order valence-corrected chi connectivity index (χ0v) is 14.8. The number of sulfonamides is 1. The second kappa shape index (κ2) is 7.42. The Morgan fingerprint density at radius 2 is 2.09 bits per heavy atom. The number of nitrogens with one attached hydrogen (secondary N) is 3. The monoisotopic (exact) mass is 340 g/mol. The zero-order valence-electron chi connectivity index (χ0n) is 14.0. The van der Waals surface area contributed by atoms with E-state index in [1.54, 1.807) is 19.1 Å². The molecule has 1 aliphatic rings. The first kappa shape index (κ1) is 17.9. The van der Waals surface area contributed by atoms with E-state index in [-0.39, 0.29) is 10.8 Å². The summed E-state index contributed by atoms with van der Waals surface area (Å²) < 4.78 is 26.3. The highest BCUT2D eigenvalue weighted by Crippen LogP contribution is 2.19. The van der Waals surface area contributed by atoms with Crippen molar-refractivity contribution < 1.29 is 18.1 Å². The van der Waals surface area contributed by atoms with Gasteiger partial charge in [0.15, 0.2) is 6.54 Å². The molecule has 0 bridgehead atoms. The van der Waals surface area contributed by atoms with Gasteiger partial charge in [-0.1, -0.05) is 6.07 Å². The van der Waals surface area contributed by atoms with Crippen molar-refractivity contribution in [1.82, 2.24) is 4.72 Å². The van der Waals surface area contributed by atoms with Crippen LogP contribution in [-0.4, -0.2) is 40.5 Å². The summed E-state index contributed by atoms with van der Waals surface area (Å²) in [5.74, 6) is -0.0783. The predicted molar refractivity (Wildman–Crippen MR) is 90.1 cm³/mol. The number of anilines is 1. The van der Waals surface area contributed by atoms with Crippen molar-refractivity contribution in [3.63, 3.8) is 0 Å². The first-order chi connectivity index (χ1) is 10.8. The lowest BCUT2D eigenvalue weighted by Crippen LogP contribution is -3.17. The maximum Gasteiger partial charge on any atom is 0.279 e. The molecule has 1 amide bonds. The minimum Gasteiger partial charge on any atom is -0.325 e. The molecule has 1 aromatic rings. The molecule has 2 atom stereocenters. The van der Waals surface area contributed by atoms with Gasteiger partial charge in [-0.15, -0.1) is 0 Å². The molecule has 128 valence electrons. The Hall–Kier alpha value is -1.44. The molecule has 0 radical (unpaired) electrons.